The Morgan fingerprint density at radius 3 is 2.57 bits per heavy atom. The number of rotatable bonds is 5. The van der Waals surface area contributed by atoms with E-state index in [1.807, 2.05) is 11.8 Å². The molecular formula is C19H24N2OS. The molecule has 1 aliphatic rings. The topological polar surface area (TPSA) is 15.7 Å². The molecule has 1 atom stereocenters. The first-order valence-electron chi connectivity index (χ1n) is 7.95. The molecule has 0 radical (unpaired) electrons. The first-order valence-corrected chi connectivity index (χ1v) is 8.77. The van der Waals surface area contributed by atoms with Gasteiger partial charge in [-0.15, -0.1) is 0 Å². The Balaban J connectivity index is 1.97. The van der Waals surface area contributed by atoms with Gasteiger partial charge in [-0.3, -0.25) is 0 Å². The lowest BCUT2D eigenvalue weighted by Crippen LogP contribution is -2.31. The molecule has 1 unspecified atom stereocenters. The maximum absolute atomic E-state index is 5.40. The maximum atomic E-state index is 5.40. The summed E-state index contributed by atoms with van der Waals surface area (Å²) >= 11 is 1.82. The first-order chi connectivity index (χ1) is 11.1. The Hall–Kier alpha value is -1.65. The fourth-order valence-corrected chi connectivity index (χ4v) is 4.25. The summed E-state index contributed by atoms with van der Waals surface area (Å²) in [6.45, 7) is 4.40. The van der Waals surface area contributed by atoms with Gasteiger partial charge in [0.1, 0.15) is 5.75 Å². The van der Waals surface area contributed by atoms with Gasteiger partial charge in [-0.25, -0.2) is 0 Å². The van der Waals surface area contributed by atoms with Crippen LogP contribution in [0.1, 0.15) is 6.92 Å². The maximum Gasteiger partial charge on any atom is 0.120 e. The summed E-state index contributed by atoms with van der Waals surface area (Å²) in [5.41, 5.74) is 2.58. The van der Waals surface area contributed by atoms with E-state index in [0.29, 0.717) is 5.92 Å². The zero-order valence-electron chi connectivity index (χ0n) is 14.2. The molecule has 2 aromatic rings. The number of methoxy groups -OCH3 is 1. The Morgan fingerprint density at radius 1 is 1.09 bits per heavy atom. The van der Waals surface area contributed by atoms with E-state index in [1.165, 1.54) is 21.2 Å². The number of ether oxygens (including phenoxy) is 1. The summed E-state index contributed by atoms with van der Waals surface area (Å²) in [6.07, 6.45) is 0. The molecule has 0 amide bonds. The van der Waals surface area contributed by atoms with Gasteiger partial charge >= 0.3 is 0 Å². The summed E-state index contributed by atoms with van der Waals surface area (Å²) in [6, 6.07) is 15.0. The number of hydrogen-bond donors (Lipinski definition) is 0. The van der Waals surface area contributed by atoms with E-state index in [1.54, 1.807) is 7.11 Å². The molecule has 0 fully saturated rings. The molecule has 122 valence electrons. The Bertz CT molecular complexity index is 687. The van der Waals surface area contributed by atoms with E-state index in [0.717, 1.165) is 18.8 Å². The van der Waals surface area contributed by atoms with Crippen molar-refractivity contribution in [2.75, 3.05) is 39.2 Å². The fourth-order valence-electron chi connectivity index (χ4n) is 3.13. The molecule has 0 spiro atoms. The molecule has 3 nitrogen and oxygen atoms in total. The lowest BCUT2D eigenvalue weighted by Gasteiger charge is -2.35. The van der Waals surface area contributed by atoms with E-state index in [2.05, 4.69) is 73.3 Å². The third-order valence-corrected chi connectivity index (χ3v) is 5.12. The van der Waals surface area contributed by atoms with Crippen LogP contribution in [-0.2, 0) is 0 Å². The molecule has 2 aromatic carbocycles. The van der Waals surface area contributed by atoms with Crippen molar-refractivity contribution in [3.63, 3.8) is 0 Å². The zero-order chi connectivity index (χ0) is 16.4. The van der Waals surface area contributed by atoms with Gasteiger partial charge in [0.25, 0.3) is 0 Å². The summed E-state index contributed by atoms with van der Waals surface area (Å²) < 4.78 is 5.40. The highest BCUT2D eigenvalue weighted by molar-refractivity contribution is 7.99. The van der Waals surface area contributed by atoms with E-state index in [9.17, 15) is 0 Å². The van der Waals surface area contributed by atoms with Gasteiger partial charge in [0, 0.05) is 22.9 Å². The van der Waals surface area contributed by atoms with E-state index in [-0.39, 0.29) is 0 Å². The molecule has 0 saturated carbocycles. The van der Waals surface area contributed by atoms with Crippen LogP contribution in [0.2, 0.25) is 0 Å². The Morgan fingerprint density at radius 2 is 1.83 bits per heavy atom. The van der Waals surface area contributed by atoms with Crippen molar-refractivity contribution in [2.24, 2.45) is 5.92 Å². The summed E-state index contributed by atoms with van der Waals surface area (Å²) in [4.78, 5) is 7.28. The van der Waals surface area contributed by atoms with Crippen LogP contribution in [0.5, 0.6) is 5.75 Å². The summed E-state index contributed by atoms with van der Waals surface area (Å²) in [5.74, 6) is 1.49. The van der Waals surface area contributed by atoms with Crippen molar-refractivity contribution in [2.45, 2.75) is 16.7 Å². The molecule has 0 aromatic heterocycles. The average molecular weight is 328 g/mol. The average Bonchev–Trinajstić information content (AvgIpc) is 2.53. The van der Waals surface area contributed by atoms with E-state index < -0.39 is 0 Å². The van der Waals surface area contributed by atoms with Crippen LogP contribution in [0.3, 0.4) is 0 Å². The number of fused-ring (bicyclic) bond motifs is 2. The molecule has 1 heterocycles. The Labute approximate surface area is 143 Å². The third-order valence-electron chi connectivity index (χ3n) is 4.00. The predicted octanol–water partition coefficient (Wildman–Crippen LogP) is 4.50. The van der Waals surface area contributed by atoms with Crippen molar-refractivity contribution in [3.05, 3.63) is 42.5 Å². The number of anilines is 2. The van der Waals surface area contributed by atoms with Gasteiger partial charge in [-0.2, -0.15) is 0 Å². The molecule has 4 heteroatoms. The minimum Gasteiger partial charge on any atom is -0.497 e. The lowest BCUT2D eigenvalue weighted by atomic mass is 10.1. The number of benzene rings is 2. The van der Waals surface area contributed by atoms with Crippen LogP contribution >= 0.6 is 11.8 Å². The molecule has 0 N–H and O–H groups in total. The van der Waals surface area contributed by atoms with Crippen LogP contribution in [-0.4, -0.2) is 39.2 Å². The van der Waals surface area contributed by atoms with Crippen molar-refractivity contribution in [1.82, 2.24) is 4.90 Å². The predicted molar refractivity (Wildman–Crippen MR) is 98.3 cm³/mol. The standard InChI is InChI=1S/C19H24N2OS/c1-14(12-20(2)3)13-21-16-7-5-6-8-18(16)23-19-11-15(22-4)9-10-17(19)21/h5-11,14H,12-13H2,1-4H3. The monoisotopic (exact) mass is 328 g/mol. The minimum atomic E-state index is 0.580. The second kappa shape index (κ2) is 6.85. The van der Waals surface area contributed by atoms with Crippen molar-refractivity contribution >= 4 is 23.1 Å². The van der Waals surface area contributed by atoms with Gasteiger partial charge in [0.2, 0.25) is 0 Å². The van der Waals surface area contributed by atoms with Crippen LogP contribution in [0.15, 0.2) is 52.3 Å². The highest BCUT2D eigenvalue weighted by Crippen LogP contribution is 2.49. The Kier molecular flexibility index (Phi) is 4.83. The summed E-state index contributed by atoms with van der Waals surface area (Å²) in [5, 5.41) is 0. The minimum absolute atomic E-state index is 0.580. The number of hydrogen-bond acceptors (Lipinski definition) is 4. The smallest absolute Gasteiger partial charge is 0.120 e. The van der Waals surface area contributed by atoms with Gasteiger partial charge in [0.15, 0.2) is 0 Å². The number of para-hydroxylation sites is 1. The molecule has 0 saturated heterocycles. The van der Waals surface area contributed by atoms with Crippen molar-refractivity contribution in [3.8, 4) is 5.75 Å². The highest BCUT2D eigenvalue weighted by atomic mass is 32.2. The van der Waals surface area contributed by atoms with Gasteiger partial charge in [-0.05, 0) is 50.3 Å². The van der Waals surface area contributed by atoms with Crippen LogP contribution in [0.4, 0.5) is 11.4 Å². The molecule has 3 rings (SSSR count). The number of nitrogens with zero attached hydrogens (tertiary/aromatic N) is 2. The van der Waals surface area contributed by atoms with Gasteiger partial charge < -0.3 is 14.5 Å². The first kappa shape index (κ1) is 16.2. The lowest BCUT2D eigenvalue weighted by molar-refractivity contribution is 0.342. The van der Waals surface area contributed by atoms with Crippen LogP contribution in [0, 0.1) is 5.92 Å². The molecule has 23 heavy (non-hydrogen) atoms. The SMILES string of the molecule is COc1ccc2c(c1)Sc1ccccc1N2CC(C)CN(C)C. The second-order valence-electron chi connectivity index (χ2n) is 6.38. The fraction of sp³-hybridized carbons (Fsp3) is 0.368. The van der Waals surface area contributed by atoms with E-state index >= 15 is 0 Å². The zero-order valence-corrected chi connectivity index (χ0v) is 15.1. The van der Waals surface area contributed by atoms with Crippen LogP contribution < -0.4 is 9.64 Å². The quantitative estimate of drug-likeness (QED) is 0.803. The molecular weight excluding hydrogens is 304 g/mol. The van der Waals surface area contributed by atoms with Gasteiger partial charge in [-0.1, -0.05) is 30.8 Å². The van der Waals surface area contributed by atoms with Gasteiger partial charge in [0.05, 0.1) is 18.5 Å². The van der Waals surface area contributed by atoms with E-state index in [4.69, 9.17) is 4.74 Å². The molecule has 0 aliphatic carbocycles. The highest BCUT2D eigenvalue weighted by Gasteiger charge is 2.24. The normalized spacial score (nSPS) is 14.4. The summed E-state index contributed by atoms with van der Waals surface area (Å²) in [7, 11) is 5.99. The largest absolute Gasteiger partial charge is 0.497 e. The molecule has 0 bridgehead atoms. The third kappa shape index (κ3) is 3.48. The van der Waals surface area contributed by atoms with Crippen molar-refractivity contribution in [1.29, 1.82) is 0 Å². The van der Waals surface area contributed by atoms with Crippen molar-refractivity contribution < 1.29 is 4.74 Å². The van der Waals surface area contributed by atoms with Crippen LogP contribution in [0.25, 0.3) is 0 Å². The molecule has 1 aliphatic heterocycles. The second-order valence-corrected chi connectivity index (χ2v) is 7.47.